The normalized spacial score (nSPS) is 21.0. The van der Waals surface area contributed by atoms with Crippen LogP contribution in [0.15, 0.2) is 24.3 Å². The fourth-order valence-corrected chi connectivity index (χ4v) is 3.72. The molecule has 1 atom stereocenters. The number of aryl methyl sites for hydroxylation is 1. The summed E-state index contributed by atoms with van der Waals surface area (Å²) in [6, 6.07) is 6.88. The zero-order valence-corrected chi connectivity index (χ0v) is 17.3. The molecule has 2 heterocycles. The van der Waals surface area contributed by atoms with Gasteiger partial charge < -0.3 is 20.4 Å². The highest BCUT2D eigenvalue weighted by atomic mass is 16.2. The van der Waals surface area contributed by atoms with Crippen LogP contribution < -0.4 is 10.6 Å². The maximum atomic E-state index is 12.9. The van der Waals surface area contributed by atoms with E-state index in [1.165, 1.54) is 5.56 Å². The molecule has 3 amide bonds. The lowest BCUT2D eigenvalue weighted by molar-refractivity contribution is -0.145. The quantitative estimate of drug-likeness (QED) is 0.709. The Morgan fingerprint density at radius 1 is 1.10 bits per heavy atom. The van der Waals surface area contributed by atoms with E-state index in [4.69, 9.17) is 0 Å². The Hall–Kier alpha value is -2.45. The monoisotopic (exact) mass is 401 g/mol. The first kappa shape index (κ1) is 21.3. The largest absolute Gasteiger partial charge is 0.353 e. The van der Waals surface area contributed by atoms with Crippen molar-refractivity contribution in [2.75, 3.05) is 58.2 Å². The lowest BCUT2D eigenvalue weighted by atomic mass is 10.1. The highest BCUT2D eigenvalue weighted by Crippen LogP contribution is 2.14. The van der Waals surface area contributed by atoms with E-state index in [-0.39, 0.29) is 30.7 Å². The molecule has 2 aliphatic rings. The first-order valence-electron chi connectivity index (χ1n) is 10.3. The molecule has 1 unspecified atom stereocenters. The SMILES string of the molecule is CCc1ccc(NC(=O)CC2C(=O)NCCN2C(=O)CN2CCN(C)CC2)cc1. The molecule has 2 fully saturated rings. The Morgan fingerprint density at radius 2 is 1.79 bits per heavy atom. The third-order valence-electron chi connectivity index (χ3n) is 5.63. The fourth-order valence-electron chi connectivity index (χ4n) is 3.72. The topological polar surface area (TPSA) is 85.0 Å². The molecule has 0 aliphatic carbocycles. The minimum absolute atomic E-state index is 0.0458. The number of likely N-dealkylation sites (N-methyl/N-ethyl adjacent to an activating group) is 1. The van der Waals surface area contributed by atoms with E-state index in [0.717, 1.165) is 32.6 Å². The molecular weight excluding hydrogens is 370 g/mol. The Morgan fingerprint density at radius 3 is 2.45 bits per heavy atom. The van der Waals surface area contributed by atoms with Gasteiger partial charge in [0.15, 0.2) is 0 Å². The number of rotatable bonds is 6. The summed E-state index contributed by atoms with van der Waals surface area (Å²) >= 11 is 0. The number of nitrogens with zero attached hydrogens (tertiary/aromatic N) is 3. The molecule has 0 saturated carbocycles. The average Bonchev–Trinajstić information content (AvgIpc) is 2.71. The van der Waals surface area contributed by atoms with Gasteiger partial charge in [0.25, 0.3) is 0 Å². The van der Waals surface area contributed by atoms with Gasteiger partial charge in [-0.05, 0) is 31.2 Å². The van der Waals surface area contributed by atoms with Crippen molar-refractivity contribution in [1.82, 2.24) is 20.0 Å². The van der Waals surface area contributed by atoms with Crippen molar-refractivity contribution in [2.45, 2.75) is 25.8 Å². The van der Waals surface area contributed by atoms with Crippen molar-refractivity contribution in [2.24, 2.45) is 0 Å². The average molecular weight is 402 g/mol. The summed E-state index contributed by atoms with van der Waals surface area (Å²) in [5.41, 5.74) is 1.88. The number of anilines is 1. The van der Waals surface area contributed by atoms with Gasteiger partial charge in [0.1, 0.15) is 6.04 Å². The number of benzene rings is 1. The molecule has 1 aromatic carbocycles. The highest BCUT2D eigenvalue weighted by molar-refractivity contribution is 5.97. The summed E-state index contributed by atoms with van der Waals surface area (Å²) in [4.78, 5) is 43.7. The molecule has 0 aromatic heterocycles. The Labute approximate surface area is 172 Å². The van der Waals surface area contributed by atoms with Crippen LogP contribution in [0, 0.1) is 0 Å². The van der Waals surface area contributed by atoms with Crippen LogP contribution in [0.2, 0.25) is 0 Å². The predicted octanol–water partition coefficient (Wildman–Crippen LogP) is 0.152. The molecule has 2 N–H and O–H groups in total. The molecule has 29 heavy (non-hydrogen) atoms. The van der Waals surface area contributed by atoms with Gasteiger partial charge >= 0.3 is 0 Å². The number of carbonyl (C=O) groups excluding carboxylic acids is 3. The summed E-state index contributed by atoms with van der Waals surface area (Å²) in [6.45, 7) is 6.74. The highest BCUT2D eigenvalue weighted by Gasteiger charge is 2.35. The molecule has 8 heteroatoms. The smallest absolute Gasteiger partial charge is 0.243 e. The number of carbonyl (C=O) groups is 3. The molecule has 3 rings (SSSR count). The van der Waals surface area contributed by atoms with E-state index in [9.17, 15) is 14.4 Å². The van der Waals surface area contributed by atoms with Crippen LogP contribution in [0.5, 0.6) is 0 Å². The minimum Gasteiger partial charge on any atom is -0.353 e. The lowest BCUT2D eigenvalue weighted by Gasteiger charge is -2.37. The maximum Gasteiger partial charge on any atom is 0.243 e. The number of nitrogens with one attached hydrogen (secondary N) is 2. The summed E-state index contributed by atoms with van der Waals surface area (Å²) < 4.78 is 0. The summed E-state index contributed by atoms with van der Waals surface area (Å²) in [5, 5.41) is 5.61. The van der Waals surface area contributed by atoms with Gasteiger partial charge in [-0.2, -0.15) is 0 Å². The second-order valence-corrected chi connectivity index (χ2v) is 7.78. The fraction of sp³-hybridized carbons (Fsp3) is 0.571. The molecular formula is C21H31N5O3. The summed E-state index contributed by atoms with van der Waals surface area (Å²) in [6.07, 6.45) is 0.886. The Bertz CT molecular complexity index is 728. The van der Waals surface area contributed by atoms with Crippen LogP contribution in [0.1, 0.15) is 18.9 Å². The van der Waals surface area contributed by atoms with E-state index in [0.29, 0.717) is 18.8 Å². The van der Waals surface area contributed by atoms with Gasteiger partial charge in [-0.1, -0.05) is 19.1 Å². The third kappa shape index (κ3) is 5.77. The molecule has 8 nitrogen and oxygen atoms in total. The zero-order valence-electron chi connectivity index (χ0n) is 17.3. The molecule has 2 saturated heterocycles. The third-order valence-corrected chi connectivity index (χ3v) is 5.63. The van der Waals surface area contributed by atoms with Gasteiger partial charge in [0.05, 0.1) is 13.0 Å². The van der Waals surface area contributed by atoms with Gasteiger partial charge in [-0.15, -0.1) is 0 Å². The standard InChI is InChI=1S/C21H31N5O3/c1-3-16-4-6-17(7-5-16)23-19(27)14-18-21(29)22-8-9-26(18)20(28)15-25-12-10-24(2)11-13-25/h4-7,18H,3,8-15H2,1-2H3,(H,22,29)(H,23,27). The van der Waals surface area contributed by atoms with Gasteiger partial charge in [0.2, 0.25) is 17.7 Å². The van der Waals surface area contributed by atoms with Gasteiger partial charge in [0, 0.05) is 45.0 Å². The number of amides is 3. The van der Waals surface area contributed by atoms with Crippen LogP contribution in [0.3, 0.4) is 0 Å². The van der Waals surface area contributed by atoms with Gasteiger partial charge in [-0.25, -0.2) is 0 Å². The predicted molar refractivity (Wildman–Crippen MR) is 112 cm³/mol. The second kappa shape index (κ2) is 9.84. The molecule has 1 aromatic rings. The molecule has 0 bridgehead atoms. The lowest BCUT2D eigenvalue weighted by Crippen LogP contribution is -2.60. The van der Waals surface area contributed by atoms with E-state index in [2.05, 4.69) is 34.4 Å². The molecule has 0 radical (unpaired) electrons. The Kier molecular flexibility index (Phi) is 7.22. The van der Waals surface area contributed by atoms with E-state index >= 15 is 0 Å². The minimum atomic E-state index is -0.765. The number of piperazine rings is 2. The summed E-state index contributed by atoms with van der Waals surface area (Å²) in [5.74, 6) is -0.623. The zero-order chi connectivity index (χ0) is 20.8. The molecule has 0 spiro atoms. The molecule has 158 valence electrons. The van der Waals surface area contributed by atoms with Crippen LogP contribution in [-0.2, 0) is 20.8 Å². The number of hydrogen-bond acceptors (Lipinski definition) is 5. The van der Waals surface area contributed by atoms with Crippen molar-refractivity contribution in [3.05, 3.63) is 29.8 Å². The second-order valence-electron chi connectivity index (χ2n) is 7.78. The van der Waals surface area contributed by atoms with Crippen LogP contribution in [0.25, 0.3) is 0 Å². The summed E-state index contributed by atoms with van der Waals surface area (Å²) in [7, 11) is 2.07. The van der Waals surface area contributed by atoms with Crippen LogP contribution in [-0.4, -0.2) is 91.3 Å². The van der Waals surface area contributed by atoms with E-state index < -0.39 is 6.04 Å². The number of hydrogen-bond donors (Lipinski definition) is 2. The molecule has 2 aliphatic heterocycles. The van der Waals surface area contributed by atoms with E-state index in [1.54, 1.807) is 4.90 Å². The first-order chi connectivity index (χ1) is 14.0. The van der Waals surface area contributed by atoms with Crippen molar-refractivity contribution < 1.29 is 14.4 Å². The first-order valence-corrected chi connectivity index (χ1v) is 10.3. The van der Waals surface area contributed by atoms with Crippen molar-refractivity contribution >= 4 is 23.4 Å². The maximum absolute atomic E-state index is 12.9. The van der Waals surface area contributed by atoms with Crippen LogP contribution >= 0.6 is 0 Å². The van der Waals surface area contributed by atoms with Crippen molar-refractivity contribution in [3.8, 4) is 0 Å². The van der Waals surface area contributed by atoms with Crippen LogP contribution in [0.4, 0.5) is 5.69 Å². The Balaban J connectivity index is 1.59. The van der Waals surface area contributed by atoms with Crippen molar-refractivity contribution in [1.29, 1.82) is 0 Å². The van der Waals surface area contributed by atoms with E-state index in [1.807, 2.05) is 24.3 Å². The van der Waals surface area contributed by atoms with Gasteiger partial charge in [-0.3, -0.25) is 19.3 Å². The van der Waals surface area contributed by atoms with Crippen molar-refractivity contribution in [3.63, 3.8) is 0 Å².